The minimum atomic E-state index is -4.41. The molecule has 0 saturated carbocycles. The fourth-order valence-corrected chi connectivity index (χ4v) is 3.50. The summed E-state index contributed by atoms with van der Waals surface area (Å²) in [6.07, 6.45) is -0.482. The molecule has 2 N–H and O–H groups in total. The van der Waals surface area contributed by atoms with Crippen LogP contribution in [0.5, 0.6) is 0 Å². The highest BCUT2D eigenvalue weighted by Crippen LogP contribution is 2.30. The number of hydrogen-bond donors (Lipinski definition) is 2. The first-order valence-electron chi connectivity index (χ1n) is 9.94. The van der Waals surface area contributed by atoms with Crippen molar-refractivity contribution in [2.75, 3.05) is 0 Å². The monoisotopic (exact) mass is 445 g/mol. The van der Waals surface area contributed by atoms with E-state index in [1.54, 1.807) is 18.5 Å². The standard InChI is InChI=1S/C23H22F3N3O3/c1-3-10-29-13-18(22(32)28-14(2)11-19(30)31)20-16(8-9-27-21(20)29)12-15-4-6-17(7-5-15)23(24,25)26/h4-9,13H,2-3,10-12H2,1H3,(H,28,32)(H,30,31). The van der Waals surface area contributed by atoms with Crippen molar-refractivity contribution in [2.24, 2.45) is 0 Å². The molecule has 32 heavy (non-hydrogen) atoms. The second-order valence-electron chi connectivity index (χ2n) is 7.40. The Hall–Kier alpha value is -3.62. The maximum absolute atomic E-state index is 12.9. The van der Waals surface area contributed by atoms with Crippen LogP contribution in [-0.2, 0) is 23.9 Å². The lowest BCUT2D eigenvalue weighted by atomic mass is 10.00. The molecule has 0 radical (unpaired) electrons. The van der Waals surface area contributed by atoms with Gasteiger partial charge in [0.2, 0.25) is 0 Å². The number of aliphatic carboxylic acids is 1. The van der Waals surface area contributed by atoms with E-state index in [0.29, 0.717) is 35.1 Å². The zero-order chi connectivity index (χ0) is 23.5. The van der Waals surface area contributed by atoms with Crippen LogP contribution in [0.15, 0.2) is 55.0 Å². The fraction of sp³-hybridized carbons (Fsp3) is 0.261. The van der Waals surface area contributed by atoms with Crippen LogP contribution in [0.1, 0.15) is 46.8 Å². The van der Waals surface area contributed by atoms with Gasteiger partial charge in [-0.2, -0.15) is 13.2 Å². The van der Waals surface area contributed by atoms with E-state index in [9.17, 15) is 22.8 Å². The molecular formula is C23H22F3N3O3. The number of rotatable bonds is 8. The third-order valence-corrected chi connectivity index (χ3v) is 4.88. The molecule has 2 aromatic heterocycles. The van der Waals surface area contributed by atoms with Crippen LogP contribution in [0.2, 0.25) is 0 Å². The van der Waals surface area contributed by atoms with Crippen molar-refractivity contribution in [3.63, 3.8) is 0 Å². The van der Waals surface area contributed by atoms with E-state index < -0.39 is 30.0 Å². The Labute approximate surface area is 182 Å². The Morgan fingerprint density at radius 3 is 2.47 bits per heavy atom. The molecule has 3 rings (SSSR count). The van der Waals surface area contributed by atoms with Gasteiger partial charge < -0.3 is 15.0 Å². The number of pyridine rings is 1. The molecule has 168 valence electrons. The number of carbonyl (C=O) groups is 2. The first kappa shape index (κ1) is 23.1. The minimum absolute atomic E-state index is 0.0482. The predicted molar refractivity (Wildman–Crippen MR) is 113 cm³/mol. The van der Waals surface area contributed by atoms with Crippen LogP contribution in [0, 0.1) is 0 Å². The van der Waals surface area contributed by atoms with Crippen molar-refractivity contribution < 1.29 is 27.9 Å². The first-order chi connectivity index (χ1) is 15.1. The molecule has 0 aliphatic heterocycles. The maximum atomic E-state index is 12.9. The number of alkyl halides is 3. The summed E-state index contributed by atoms with van der Waals surface area (Å²) in [7, 11) is 0. The Balaban J connectivity index is 2.00. The molecule has 6 nitrogen and oxygen atoms in total. The third-order valence-electron chi connectivity index (χ3n) is 4.88. The zero-order valence-electron chi connectivity index (χ0n) is 17.4. The summed E-state index contributed by atoms with van der Waals surface area (Å²) in [5, 5.41) is 12.0. The van der Waals surface area contributed by atoms with E-state index in [1.165, 1.54) is 12.1 Å². The summed E-state index contributed by atoms with van der Waals surface area (Å²) in [4.78, 5) is 28.2. The maximum Gasteiger partial charge on any atom is 0.416 e. The highest BCUT2D eigenvalue weighted by Gasteiger charge is 2.30. The van der Waals surface area contributed by atoms with Gasteiger partial charge in [0.1, 0.15) is 5.65 Å². The van der Waals surface area contributed by atoms with Gasteiger partial charge in [-0.1, -0.05) is 25.6 Å². The van der Waals surface area contributed by atoms with Gasteiger partial charge in [-0.25, -0.2) is 4.98 Å². The average Bonchev–Trinajstić information content (AvgIpc) is 3.07. The highest BCUT2D eigenvalue weighted by molar-refractivity contribution is 6.08. The van der Waals surface area contributed by atoms with E-state index in [2.05, 4.69) is 16.9 Å². The normalized spacial score (nSPS) is 11.5. The Kier molecular flexibility index (Phi) is 6.67. The Morgan fingerprint density at radius 2 is 1.88 bits per heavy atom. The molecule has 9 heteroatoms. The topological polar surface area (TPSA) is 84.2 Å². The number of benzene rings is 1. The number of nitrogens with zero attached hydrogens (tertiary/aromatic N) is 2. The van der Waals surface area contributed by atoms with Gasteiger partial charge in [-0.15, -0.1) is 0 Å². The van der Waals surface area contributed by atoms with E-state index in [-0.39, 0.29) is 5.70 Å². The molecule has 0 spiro atoms. The van der Waals surface area contributed by atoms with Gasteiger partial charge >= 0.3 is 12.1 Å². The van der Waals surface area contributed by atoms with Crippen LogP contribution in [0.3, 0.4) is 0 Å². The molecule has 0 unspecified atom stereocenters. The van der Waals surface area contributed by atoms with Gasteiger partial charge in [0, 0.05) is 30.0 Å². The van der Waals surface area contributed by atoms with Crippen molar-refractivity contribution in [2.45, 2.75) is 38.9 Å². The number of nitrogens with one attached hydrogen (secondary N) is 1. The molecule has 1 amide bonds. The van der Waals surface area contributed by atoms with Crippen LogP contribution < -0.4 is 5.32 Å². The summed E-state index contributed by atoms with van der Waals surface area (Å²) in [5.41, 5.74) is 1.56. The number of carbonyl (C=O) groups excluding carboxylic acids is 1. The second-order valence-corrected chi connectivity index (χ2v) is 7.40. The first-order valence-corrected chi connectivity index (χ1v) is 9.94. The lowest BCUT2D eigenvalue weighted by Gasteiger charge is -2.10. The number of aromatic nitrogens is 2. The van der Waals surface area contributed by atoms with E-state index in [0.717, 1.165) is 24.1 Å². The van der Waals surface area contributed by atoms with Crippen molar-refractivity contribution >= 4 is 22.9 Å². The number of aryl methyl sites for hydroxylation is 1. The van der Waals surface area contributed by atoms with Crippen molar-refractivity contribution in [3.8, 4) is 0 Å². The molecule has 0 aliphatic rings. The quantitative estimate of drug-likeness (QED) is 0.523. The molecule has 0 bridgehead atoms. The Bertz CT molecular complexity index is 1160. The predicted octanol–water partition coefficient (Wildman–Crippen LogP) is 4.77. The van der Waals surface area contributed by atoms with E-state index >= 15 is 0 Å². The van der Waals surface area contributed by atoms with Gasteiger partial charge in [0.25, 0.3) is 5.91 Å². The average molecular weight is 445 g/mol. The van der Waals surface area contributed by atoms with Crippen LogP contribution >= 0.6 is 0 Å². The number of fused-ring (bicyclic) bond motifs is 1. The minimum Gasteiger partial charge on any atom is -0.481 e. The molecular weight excluding hydrogens is 423 g/mol. The second kappa shape index (κ2) is 9.25. The number of hydrogen-bond acceptors (Lipinski definition) is 3. The largest absolute Gasteiger partial charge is 0.481 e. The highest BCUT2D eigenvalue weighted by atomic mass is 19.4. The van der Waals surface area contributed by atoms with Gasteiger partial charge in [-0.3, -0.25) is 9.59 Å². The smallest absolute Gasteiger partial charge is 0.416 e. The van der Waals surface area contributed by atoms with Crippen LogP contribution in [0.4, 0.5) is 13.2 Å². The van der Waals surface area contributed by atoms with Crippen LogP contribution in [-0.4, -0.2) is 26.5 Å². The molecule has 3 aromatic rings. The summed E-state index contributed by atoms with van der Waals surface area (Å²) in [6, 6.07) is 6.59. The summed E-state index contributed by atoms with van der Waals surface area (Å²) >= 11 is 0. The fourth-order valence-electron chi connectivity index (χ4n) is 3.50. The number of carboxylic acids is 1. The molecule has 0 saturated heterocycles. The zero-order valence-corrected chi connectivity index (χ0v) is 17.4. The van der Waals surface area contributed by atoms with Gasteiger partial charge in [0.05, 0.1) is 17.5 Å². The molecule has 0 aliphatic carbocycles. The summed E-state index contributed by atoms with van der Waals surface area (Å²) < 4.78 is 40.4. The molecule has 1 aromatic carbocycles. The lowest BCUT2D eigenvalue weighted by Crippen LogP contribution is -2.23. The van der Waals surface area contributed by atoms with Gasteiger partial charge in [-0.05, 0) is 42.2 Å². The van der Waals surface area contributed by atoms with Crippen molar-refractivity contribution in [1.82, 2.24) is 14.9 Å². The SMILES string of the molecule is C=C(CC(=O)O)NC(=O)c1cn(CCC)c2nccc(Cc3ccc(C(F)(F)F)cc3)c12. The molecule has 0 fully saturated rings. The van der Waals surface area contributed by atoms with Crippen molar-refractivity contribution in [3.05, 3.63) is 77.3 Å². The summed E-state index contributed by atoms with van der Waals surface area (Å²) in [5.74, 6) is -1.63. The Morgan fingerprint density at radius 1 is 1.19 bits per heavy atom. The molecule has 0 atom stereocenters. The third kappa shape index (κ3) is 5.16. The van der Waals surface area contributed by atoms with E-state index in [4.69, 9.17) is 5.11 Å². The van der Waals surface area contributed by atoms with Crippen LogP contribution in [0.25, 0.3) is 11.0 Å². The van der Waals surface area contributed by atoms with Crippen molar-refractivity contribution in [1.29, 1.82) is 0 Å². The molecule has 2 heterocycles. The number of amides is 1. The lowest BCUT2D eigenvalue weighted by molar-refractivity contribution is -0.138. The van der Waals surface area contributed by atoms with Gasteiger partial charge in [0.15, 0.2) is 0 Å². The summed E-state index contributed by atoms with van der Waals surface area (Å²) in [6.45, 7) is 6.16. The number of halogens is 3. The number of carboxylic acid groups (broad SMARTS) is 1. The van der Waals surface area contributed by atoms with E-state index in [1.807, 2.05) is 11.5 Å².